The van der Waals surface area contributed by atoms with Gasteiger partial charge in [0.1, 0.15) is 6.04 Å². The quantitative estimate of drug-likeness (QED) is 0.673. The third kappa shape index (κ3) is 3.72. The van der Waals surface area contributed by atoms with Gasteiger partial charge in [-0.2, -0.15) is 0 Å². The fraction of sp³-hybridized carbons (Fsp3) is 0.133. The van der Waals surface area contributed by atoms with E-state index in [1.165, 1.54) is 0 Å². The molecule has 0 saturated carbocycles. The van der Waals surface area contributed by atoms with E-state index in [0.29, 0.717) is 5.69 Å². The van der Waals surface area contributed by atoms with Crippen LogP contribution in [-0.2, 0) is 9.59 Å². The van der Waals surface area contributed by atoms with Crippen molar-refractivity contribution in [3.63, 3.8) is 0 Å². The standard InChI is InChI=1S/C15H14N2O5/c18-13(19)8-12(14(20)21)17-15(22)16-11-7-3-5-9-4-1-2-6-10(9)11/h1-7,12H,8H2,(H,18,19)(H,20,21)(H2,16,17,22)/t12-/m0/s1. The molecular weight excluding hydrogens is 288 g/mol. The molecule has 2 aromatic carbocycles. The van der Waals surface area contributed by atoms with Crippen molar-refractivity contribution in [2.45, 2.75) is 12.5 Å². The molecule has 0 saturated heterocycles. The summed E-state index contributed by atoms with van der Waals surface area (Å²) in [6.45, 7) is 0. The molecule has 4 N–H and O–H groups in total. The van der Waals surface area contributed by atoms with Crippen LogP contribution in [0.1, 0.15) is 6.42 Å². The van der Waals surface area contributed by atoms with E-state index in [9.17, 15) is 14.4 Å². The summed E-state index contributed by atoms with van der Waals surface area (Å²) >= 11 is 0. The molecule has 0 radical (unpaired) electrons. The van der Waals surface area contributed by atoms with Crippen LogP contribution in [-0.4, -0.2) is 34.2 Å². The number of fused-ring (bicyclic) bond motifs is 1. The van der Waals surface area contributed by atoms with Gasteiger partial charge in [0.15, 0.2) is 0 Å². The predicted octanol–water partition coefficient (Wildman–Crippen LogP) is 1.89. The number of benzene rings is 2. The molecule has 0 unspecified atom stereocenters. The average Bonchev–Trinajstić information content (AvgIpc) is 2.46. The number of nitrogens with one attached hydrogen (secondary N) is 2. The van der Waals surface area contributed by atoms with Crippen LogP contribution >= 0.6 is 0 Å². The van der Waals surface area contributed by atoms with Crippen LogP contribution in [0.15, 0.2) is 42.5 Å². The Kier molecular flexibility index (Phi) is 4.57. The Morgan fingerprint density at radius 3 is 2.36 bits per heavy atom. The predicted molar refractivity (Wildman–Crippen MR) is 79.8 cm³/mol. The minimum Gasteiger partial charge on any atom is -0.481 e. The first-order valence-corrected chi connectivity index (χ1v) is 6.47. The van der Waals surface area contributed by atoms with Crippen molar-refractivity contribution in [1.29, 1.82) is 0 Å². The molecule has 2 rings (SSSR count). The molecule has 2 amide bonds. The highest BCUT2D eigenvalue weighted by atomic mass is 16.4. The summed E-state index contributed by atoms with van der Waals surface area (Å²) in [4.78, 5) is 33.4. The maximum absolute atomic E-state index is 11.9. The number of anilines is 1. The first-order chi connectivity index (χ1) is 10.5. The molecule has 2 aromatic rings. The molecule has 0 aliphatic heterocycles. The number of carbonyl (C=O) groups is 3. The Hall–Kier alpha value is -3.09. The summed E-state index contributed by atoms with van der Waals surface area (Å²) in [6.07, 6.45) is -0.696. The van der Waals surface area contributed by atoms with Crippen LogP contribution < -0.4 is 10.6 Å². The van der Waals surface area contributed by atoms with Crippen molar-refractivity contribution in [2.75, 3.05) is 5.32 Å². The van der Waals surface area contributed by atoms with Crippen LogP contribution in [0, 0.1) is 0 Å². The summed E-state index contributed by atoms with van der Waals surface area (Å²) in [5.74, 6) is -2.71. The third-order valence-corrected chi connectivity index (χ3v) is 3.02. The molecule has 0 heterocycles. The van der Waals surface area contributed by atoms with Crippen molar-refractivity contribution in [3.8, 4) is 0 Å². The van der Waals surface area contributed by atoms with Crippen molar-refractivity contribution < 1.29 is 24.6 Å². The summed E-state index contributed by atoms with van der Waals surface area (Å²) < 4.78 is 0. The highest BCUT2D eigenvalue weighted by molar-refractivity contribution is 6.02. The summed E-state index contributed by atoms with van der Waals surface area (Å²) in [6, 6.07) is 10.4. The molecule has 7 heteroatoms. The molecule has 0 spiro atoms. The van der Waals surface area contributed by atoms with Gasteiger partial charge in [0, 0.05) is 5.39 Å². The lowest BCUT2D eigenvalue weighted by molar-refractivity contribution is -0.145. The number of amides is 2. The highest BCUT2D eigenvalue weighted by Crippen LogP contribution is 2.22. The van der Waals surface area contributed by atoms with Gasteiger partial charge in [-0.3, -0.25) is 4.79 Å². The number of aliphatic carboxylic acids is 2. The van der Waals surface area contributed by atoms with Crippen molar-refractivity contribution in [2.24, 2.45) is 0 Å². The lowest BCUT2D eigenvalue weighted by atomic mass is 10.1. The van der Waals surface area contributed by atoms with E-state index in [4.69, 9.17) is 10.2 Å². The van der Waals surface area contributed by atoms with Crippen LogP contribution in [0.5, 0.6) is 0 Å². The number of carboxylic acid groups (broad SMARTS) is 2. The molecule has 114 valence electrons. The smallest absolute Gasteiger partial charge is 0.326 e. The van der Waals surface area contributed by atoms with E-state index in [2.05, 4.69) is 10.6 Å². The van der Waals surface area contributed by atoms with Gasteiger partial charge in [0.05, 0.1) is 12.1 Å². The number of carbonyl (C=O) groups excluding carboxylic acids is 1. The molecule has 0 bridgehead atoms. The Morgan fingerprint density at radius 2 is 1.68 bits per heavy atom. The molecule has 0 fully saturated rings. The van der Waals surface area contributed by atoms with E-state index in [-0.39, 0.29) is 0 Å². The van der Waals surface area contributed by atoms with Gasteiger partial charge >= 0.3 is 18.0 Å². The topological polar surface area (TPSA) is 116 Å². The van der Waals surface area contributed by atoms with Gasteiger partial charge in [-0.25, -0.2) is 9.59 Å². The van der Waals surface area contributed by atoms with Crippen LogP contribution in [0.4, 0.5) is 10.5 Å². The van der Waals surface area contributed by atoms with E-state index in [0.717, 1.165) is 10.8 Å². The third-order valence-electron chi connectivity index (χ3n) is 3.02. The lowest BCUT2D eigenvalue weighted by Crippen LogP contribution is -2.44. The largest absolute Gasteiger partial charge is 0.481 e. The lowest BCUT2D eigenvalue weighted by Gasteiger charge is -2.14. The fourth-order valence-corrected chi connectivity index (χ4v) is 2.03. The van der Waals surface area contributed by atoms with Gasteiger partial charge < -0.3 is 20.8 Å². The second-order valence-electron chi connectivity index (χ2n) is 4.61. The molecule has 7 nitrogen and oxygen atoms in total. The maximum atomic E-state index is 11.9. The van der Waals surface area contributed by atoms with E-state index in [1.54, 1.807) is 12.1 Å². The minimum absolute atomic E-state index is 0.509. The molecule has 0 aromatic heterocycles. The summed E-state index contributed by atoms with van der Waals surface area (Å²) in [7, 11) is 0. The van der Waals surface area contributed by atoms with Crippen LogP contribution in [0.2, 0.25) is 0 Å². The average molecular weight is 302 g/mol. The second kappa shape index (κ2) is 6.57. The zero-order chi connectivity index (χ0) is 16.1. The van der Waals surface area contributed by atoms with Gasteiger partial charge in [0.25, 0.3) is 0 Å². The van der Waals surface area contributed by atoms with Gasteiger partial charge in [0.2, 0.25) is 0 Å². The molecule has 22 heavy (non-hydrogen) atoms. The summed E-state index contributed by atoms with van der Waals surface area (Å²) in [5, 5.41) is 23.9. The van der Waals surface area contributed by atoms with Crippen LogP contribution in [0.25, 0.3) is 10.8 Å². The highest BCUT2D eigenvalue weighted by Gasteiger charge is 2.23. The van der Waals surface area contributed by atoms with Gasteiger partial charge in [-0.15, -0.1) is 0 Å². The Morgan fingerprint density at radius 1 is 1.00 bits per heavy atom. The number of hydrogen-bond donors (Lipinski definition) is 4. The van der Waals surface area contributed by atoms with E-state index in [1.807, 2.05) is 30.3 Å². The monoisotopic (exact) mass is 302 g/mol. The Labute approximate surface area is 125 Å². The molecule has 1 atom stereocenters. The van der Waals surface area contributed by atoms with Crippen molar-refractivity contribution in [1.82, 2.24) is 5.32 Å². The molecule has 0 aliphatic rings. The van der Waals surface area contributed by atoms with E-state index >= 15 is 0 Å². The normalized spacial score (nSPS) is 11.6. The molecule has 0 aliphatic carbocycles. The number of urea groups is 1. The zero-order valence-electron chi connectivity index (χ0n) is 11.4. The molecular formula is C15H14N2O5. The van der Waals surface area contributed by atoms with Gasteiger partial charge in [-0.1, -0.05) is 36.4 Å². The minimum atomic E-state index is -1.49. The van der Waals surface area contributed by atoms with Crippen LogP contribution in [0.3, 0.4) is 0 Å². The maximum Gasteiger partial charge on any atom is 0.326 e. The number of rotatable bonds is 5. The second-order valence-corrected chi connectivity index (χ2v) is 4.61. The first kappa shape index (κ1) is 15.3. The fourth-order valence-electron chi connectivity index (χ4n) is 2.03. The van der Waals surface area contributed by atoms with E-state index < -0.39 is 30.4 Å². The number of carboxylic acids is 2. The van der Waals surface area contributed by atoms with Crippen molar-refractivity contribution in [3.05, 3.63) is 42.5 Å². The summed E-state index contributed by atoms with van der Waals surface area (Å²) in [5.41, 5.74) is 0.509. The zero-order valence-corrected chi connectivity index (χ0v) is 11.4. The van der Waals surface area contributed by atoms with Gasteiger partial charge in [-0.05, 0) is 11.5 Å². The SMILES string of the molecule is O=C(O)C[C@H](NC(=O)Nc1cccc2ccccc12)C(=O)O. The van der Waals surface area contributed by atoms with Crippen molar-refractivity contribution >= 4 is 34.4 Å². The number of hydrogen-bond acceptors (Lipinski definition) is 3. The Bertz CT molecular complexity index is 723. The first-order valence-electron chi connectivity index (χ1n) is 6.47. The Balaban J connectivity index is 2.13.